The number of hydrogen-bond donors (Lipinski definition) is 0. The van der Waals surface area contributed by atoms with E-state index < -0.39 is 0 Å². The van der Waals surface area contributed by atoms with Crippen LogP contribution in [0.2, 0.25) is 0 Å². The molecule has 0 unspecified atom stereocenters. The predicted octanol–water partition coefficient (Wildman–Crippen LogP) is 2.55. The molecule has 74 valence electrons. The van der Waals surface area contributed by atoms with Crippen molar-refractivity contribution in [2.24, 2.45) is 0 Å². The third-order valence-electron chi connectivity index (χ3n) is 2.41. The third-order valence-corrected chi connectivity index (χ3v) is 4.23. The summed E-state index contributed by atoms with van der Waals surface area (Å²) in [6.07, 6.45) is 2.29. The summed E-state index contributed by atoms with van der Waals surface area (Å²) in [5, 5.41) is 0. The predicted molar refractivity (Wildman–Crippen MR) is 70.7 cm³/mol. The van der Waals surface area contributed by atoms with Crippen molar-refractivity contribution in [1.82, 2.24) is 0 Å². The average Bonchev–Trinajstić information content (AvgIpc) is 2.31. The van der Waals surface area contributed by atoms with Crippen molar-refractivity contribution in [2.75, 3.05) is 0 Å². The van der Waals surface area contributed by atoms with E-state index in [0.717, 1.165) is 0 Å². The molecule has 0 aliphatic heterocycles. The topological polar surface area (TPSA) is 0 Å². The van der Waals surface area contributed by atoms with E-state index in [2.05, 4.69) is 66.7 Å². The van der Waals surface area contributed by atoms with E-state index in [1.54, 1.807) is 0 Å². The molecule has 0 bridgehead atoms. The molecule has 0 aromatic heterocycles. The Labute approximate surface area is 98.9 Å². The monoisotopic (exact) mass is 256 g/mol. The first-order valence-corrected chi connectivity index (χ1v) is 7.25. The van der Waals surface area contributed by atoms with E-state index in [1.165, 1.54) is 15.5 Å². The zero-order valence-electron chi connectivity index (χ0n) is 8.85. The molecule has 0 atom stereocenters. The summed E-state index contributed by atoms with van der Waals surface area (Å²) in [4.78, 5) is 0. The van der Waals surface area contributed by atoms with Crippen molar-refractivity contribution in [2.45, 2.75) is 0 Å². The number of benzene rings is 2. The molecule has 0 saturated heterocycles. The Bertz CT molecular complexity index is 443. The molecule has 15 heavy (non-hydrogen) atoms. The van der Waals surface area contributed by atoms with Crippen molar-refractivity contribution in [3.63, 3.8) is 0 Å². The fourth-order valence-electron chi connectivity index (χ4n) is 1.58. The van der Waals surface area contributed by atoms with Crippen LogP contribution in [0.15, 0.2) is 60.7 Å². The molecule has 0 N–H and O–H groups in total. The van der Waals surface area contributed by atoms with Crippen LogP contribution in [-0.4, -0.2) is 16.5 Å². The van der Waals surface area contributed by atoms with Gasteiger partial charge in [0.1, 0.15) is 0 Å². The quantitative estimate of drug-likeness (QED) is 0.571. The van der Waals surface area contributed by atoms with E-state index in [1.807, 2.05) is 0 Å². The average molecular weight is 255 g/mol. The molecular weight excluding hydrogens is 241 g/mol. The summed E-state index contributed by atoms with van der Waals surface area (Å²) in [5.41, 5.74) is 2.66. The van der Waals surface area contributed by atoms with Crippen molar-refractivity contribution < 1.29 is 0 Å². The minimum absolute atomic E-state index is 0.699. The Morgan fingerprint density at radius 3 is 1.93 bits per heavy atom. The van der Waals surface area contributed by atoms with Gasteiger partial charge in [-0.15, -0.1) is 0 Å². The molecule has 0 amide bonds. The van der Waals surface area contributed by atoms with Crippen molar-refractivity contribution in [1.29, 1.82) is 0 Å². The molecule has 0 nitrogen and oxygen atoms in total. The summed E-state index contributed by atoms with van der Waals surface area (Å²) in [6.45, 7) is 0. The Hall–Kier alpha value is -1.28. The summed E-state index contributed by atoms with van der Waals surface area (Å²) in [6, 6.07) is 21.1. The summed E-state index contributed by atoms with van der Waals surface area (Å²) < 4.78 is 1.48. The molecule has 0 radical (unpaired) electrons. The van der Waals surface area contributed by atoms with Gasteiger partial charge in [0.05, 0.1) is 0 Å². The van der Waals surface area contributed by atoms with Gasteiger partial charge in [0.25, 0.3) is 0 Å². The van der Waals surface area contributed by atoms with Gasteiger partial charge < -0.3 is 0 Å². The molecule has 0 aliphatic rings. The maximum absolute atomic E-state index is 2.29. The molecule has 0 heterocycles. The zero-order valence-corrected chi connectivity index (χ0v) is 13.0. The van der Waals surface area contributed by atoms with Crippen LogP contribution < -0.4 is 0 Å². The summed E-state index contributed by atoms with van der Waals surface area (Å²) in [5.74, 6) is 0. The molecule has 0 spiro atoms. The fraction of sp³-hybridized carbons (Fsp3) is 0. The van der Waals surface area contributed by atoms with Gasteiger partial charge in [-0.1, -0.05) is 0 Å². The van der Waals surface area contributed by atoms with Gasteiger partial charge in [-0.05, 0) is 0 Å². The summed E-state index contributed by atoms with van der Waals surface area (Å²) in [7, 11) is 0. The van der Waals surface area contributed by atoms with Crippen LogP contribution in [0, 0.1) is 0 Å². The molecule has 2 rings (SSSR count). The molecule has 0 fully saturated rings. The van der Waals surface area contributed by atoms with E-state index in [0.29, 0.717) is 16.5 Å². The normalized spacial score (nSPS) is 11.6. The van der Waals surface area contributed by atoms with Gasteiger partial charge >= 0.3 is 98.8 Å². The first-order chi connectivity index (χ1) is 7.36. The first kappa shape index (κ1) is 10.2. The SMILES string of the molecule is [GeH3][C](=Cc1ccccc1)c1ccccc1. The fourth-order valence-corrected chi connectivity index (χ4v) is 2.98. The third kappa shape index (κ3) is 2.83. The molecule has 0 aliphatic carbocycles. The van der Waals surface area contributed by atoms with E-state index in [9.17, 15) is 0 Å². The second-order valence-electron chi connectivity index (χ2n) is 3.60. The van der Waals surface area contributed by atoms with Gasteiger partial charge in [-0.25, -0.2) is 0 Å². The standard InChI is InChI=1S/C14H14Ge/c15-14(13-9-5-2-6-10-13)11-12-7-3-1-4-8-12/h1-11H,15H3. The number of hydrogen-bond acceptors (Lipinski definition) is 0. The van der Waals surface area contributed by atoms with Gasteiger partial charge in [-0.2, -0.15) is 0 Å². The van der Waals surface area contributed by atoms with Crippen LogP contribution >= 0.6 is 0 Å². The molecule has 2 aromatic rings. The van der Waals surface area contributed by atoms with Gasteiger partial charge in [-0.3, -0.25) is 0 Å². The van der Waals surface area contributed by atoms with Crippen LogP contribution in [0.3, 0.4) is 0 Å². The van der Waals surface area contributed by atoms with Crippen LogP contribution in [0.25, 0.3) is 10.5 Å². The first-order valence-electron chi connectivity index (χ1n) is 5.15. The Morgan fingerprint density at radius 1 is 0.800 bits per heavy atom. The summed E-state index contributed by atoms with van der Waals surface area (Å²) >= 11 is 0.699. The van der Waals surface area contributed by atoms with Crippen LogP contribution in [0.4, 0.5) is 0 Å². The second kappa shape index (κ2) is 4.99. The molecule has 0 saturated carbocycles. The Morgan fingerprint density at radius 2 is 1.33 bits per heavy atom. The van der Waals surface area contributed by atoms with Crippen LogP contribution in [-0.2, 0) is 0 Å². The zero-order chi connectivity index (χ0) is 10.5. The Balaban J connectivity index is 2.29. The van der Waals surface area contributed by atoms with Crippen molar-refractivity contribution >= 4 is 27.0 Å². The second-order valence-corrected chi connectivity index (χ2v) is 5.86. The molecule has 1 heteroatoms. The Kier molecular flexibility index (Phi) is 3.41. The minimum atomic E-state index is 0.699. The molecule has 2 aromatic carbocycles. The van der Waals surface area contributed by atoms with Gasteiger partial charge in [0, 0.05) is 0 Å². The van der Waals surface area contributed by atoms with Crippen molar-refractivity contribution in [3.8, 4) is 0 Å². The maximum atomic E-state index is 2.29. The van der Waals surface area contributed by atoms with Crippen LogP contribution in [0.1, 0.15) is 11.1 Å². The molecular formula is C14H14Ge. The van der Waals surface area contributed by atoms with E-state index in [4.69, 9.17) is 0 Å². The van der Waals surface area contributed by atoms with Crippen molar-refractivity contribution in [3.05, 3.63) is 71.8 Å². The van der Waals surface area contributed by atoms with E-state index >= 15 is 0 Å². The number of rotatable bonds is 2. The van der Waals surface area contributed by atoms with Gasteiger partial charge in [0.2, 0.25) is 0 Å². The van der Waals surface area contributed by atoms with Crippen LogP contribution in [0.5, 0.6) is 0 Å². The van der Waals surface area contributed by atoms with E-state index in [-0.39, 0.29) is 0 Å². The van der Waals surface area contributed by atoms with Gasteiger partial charge in [0.15, 0.2) is 0 Å².